The van der Waals surface area contributed by atoms with Gasteiger partial charge < -0.3 is 18.8 Å². The topological polar surface area (TPSA) is 95.9 Å². The number of nitrogens with zero attached hydrogens (tertiary/aromatic N) is 1. The van der Waals surface area contributed by atoms with Crippen LogP contribution in [0.15, 0.2) is 72.9 Å². The molecule has 2 amide bonds. The van der Waals surface area contributed by atoms with Gasteiger partial charge in [-0.3, -0.25) is 14.9 Å². The van der Waals surface area contributed by atoms with Crippen molar-refractivity contribution < 1.29 is 28.6 Å². The molecule has 3 aromatic rings. The molecular formula is C23H22N2O6. The van der Waals surface area contributed by atoms with Gasteiger partial charge in [-0.1, -0.05) is 30.3 Å². The van der Waals surface area contributed by atoms with Gasteiger partial charge in [0.1, 0.15) is 36.0 Å². The van der Waals surface area contributed by atoms with Crippen molar-refractivity contribution in [2.75, 3.05) is 19.8 Å². The van der Waals surface area contributed by atoms with Crippen LogP contribution < -0.4 is 14.8 Å². The number of carbonyl (C=O) groups excluding carboxylic acids is 3. The van der Waals surface area contributed by atoms with Gasteiger partial charge in [-0.2, -0.15) is 0 Å². The number of ether oxygens (including phenoxy) is 3. The van der Waals surface area contributed by atoms with Crippen molar-refractivity contribution in [1.29, 1.82) is 0 Å². The smallest absolute Gasteiger partial charge is 0.342 e. The molecule has 1 heterocycles. The van der Waals surface area contributed by atoms with Crippen LogP contribution >= 0.6 is 0 Å². The number of para-hydroxylation sites is 2. The maximum Gasteiger partial charge on any atom is 0.342 e. The number of nitrogens with one attached hydrogen (secondary N) is 1. The van der Waals surface area contributed by atoms with Gasteiger partial charge in [-0.05, 0) is 36.4 Å². The zero-order valence-corrected chi connectivity index (χ0v) is 16.9. The SMILES string of the molecule is Cn1cccc1C(=O)NC(=O)COC(=O)c1ccccc1OCCOc1ccccc1. The van der Waals surface area contributed by atoms with Crippen LogP contribution in [0.4, 0.5) is 0 Å². The summed E-state index contributed by atoms with van der Waals surface area (Å²) in [4.78, 5) is 36.4. The van der Waals surface area contributed by atoms with E-state index in [0.717, 1.165) is 5.75 Å². The highest BCUT2D eigenvalue weighted by Gasteiger charge is 2.17. The fraction of sp³-hybridized carbons (Fsp3) is 0.174. The van der Waals surface area contributed by atoms with E-state index in [9.17, 15) is 14.4 Å². The number of amides is 2. The van der Waals surface area contributed by atoms with Crippen LogP contribution in [0.3, 0.4) is 0 Å². The normalized spacial score (nSPS) is 10.2. The number of hydrogen-bond donors (Lipinski definition) is 1. The number of hydrogen-bond acceptors (Lipinski definition) is 6. The standard InChI is InChI=1S/C23H22N2O6/c1-25-13-7-11-19(25)22(27)24-21(26)16-31-23(28)18-10-5-6-12-20(18)30-15-14-29-17-8-3-2-4-9-17/h2-13H,14-16H2,1H3,(H,24,26,27). The van der Waals surface area contributed by atoms with Gasteiger partial charge in [0.05, 0.1) is 0 Å². The second-order valence-electron chi connectivity index (χ2n) is 6.46. The molecule has 0 bridgehead atoms. The second kappa shape index (κ2) is 10.6. The van der Waals surface area contributed by atoms with Crippen LogP contribution in [-0.4, -0.2) is 42.2 Å². The highest BCUT2D eigenvalue weighted by atomic mass is 16.5. The highest BCUT2D eigenvalue weighted by Crippen LogP contribution is 2.19. The Balaban J connectivity index is 1.48. The third-order valence-corrected chi connectivity index (χ3v) is 4.22. The zero-order chi connectivity index (χ0) is 22.1. The summed E-state index contributed by atoms with van der Waals surface area (Å²) < 4.78 is 17.8. The average molecular weight is 422 g/mol. The summed E-state index contributed by atoms with van der Waals surface area (Å²) in [5.74, 6) is -1.01. The van der Waals surface area contributed by atoms with Crippen molar-refractivity contribution in [3.63, 3.8) is 0 Å². The van der Waals surface area contributed by atoms with E-state index in [1.807, 2.05) is 30.3 Å². The van der Waals surface area contributed by atoms with Crippen molar-refractivity contribution in [1.82, 2.24) is 9.88 Å². The summed E-state index contributed by atoms with van der Waals surface area (Å²) in [5.41, 5.74) is 0.486. The van der Waals surface area contributed by atoms with E-state index in [1.54, 1.807) is 48.1 Å². The van der Waals surface area contributed by atoms with E-state index in [-0.39, 0.29) is 18.8 Å². The number of benzene rings is 2. The lowest BCUT2D eigenvalue weighted by Gasteiger charge is -2.12. The van der Waals surface area contributed by atoms with Crippen LogP contribution in [0.25, 0.3) is 0 Å². The fourth-order valence-electron chi connectivity index (χ4n) is 2.72. The number of esters is 1. The molecule has 31 heavy (non-hydrogen) atoms. The van der Waals surface area contributed by atoms with Crippen molar-refractivity contribution in [3.8, 4) is 11.5 Å². The van der Waals surface area contributed by atoms with Gasteiger partial charge in [0, 0.05) is 13.2 Å². The lowest BCUT2D eigenvalue weighted by molar-refractivity contribution is -0.123. The number of imide groups is 1. The van der Waals surface area contributed by atoms with Crippen LogP contribution in [0.5, 0.6) is 11.5 Å². The van der Waals surface area contributed by atoms with Crippen molar-refractivity contribution in [3.05, 3.63) is 84.2 Å². The monoisotopic (exact) mass is 422 g/mol. The van der Waals surface area contributed by atoms with E-state index in [1.165, 1.54) is 6.07 Å². The number of aryl methyl sites for hydroxylation is 1. The lowest BCUT2D eigenvalue weighted by Crippen LogP contribution is -2.35. The van der Waals surface area contributed by atoms with Crippen LogP contribution in [-0.2, 0) is 16.6 Å². The summed E-state index contributed by atoms with van der Waals surface area (Å²) in [7, 11) is 1.68. The Morgan fingerprint density at radius 1 is 0.871 bits per heavy atom. The first-order valence-corrected chi connectivity index (χ1v) is 9.57. The van der Waals surface area contributed by atoms with Crippen molar-refractivity contribution in [2.24, 2.45) is 7.05 Å². The molecule has 1 aromatic heterocycles. The molecule has 0 atom stereocenters. The van der Waals surface area contributed by atoms with Gasteiger partial charge in [-0.15, -0.1) is 0 Å². The molecule has 3 rings (SSSR count). The molecule has 0 radical (unpaired) electrons. The Hall–Kier alpha value is -4.07. The first-order chi connectivity index (χ1) is 15.0. The molecule has 8 nitrogen and oxygen atoms in total. The maximum atomic E-state index is 12.4. The van der Waals surface area contributed by atoms with Gasteiger partial charge in [-0.25, -0.2) is 4.79 Å². The van der Waals surface area contributed by atoms with Gasteiger partial charge >= 0.3 is 5.97 Å². The minimum Gasteiger partial charge on any atom is -0.490 e. The predicted octanol–water partition coefficient (Wildman–Crippen LogP) is 2.60. The first-order valence-electron chi connectivity index (χ1n) is 9.57. The Morgan fingerprint density at radius 3 is 2.32 bits per heavy atom. The van der Waals surface area contributed by atoms with E-state index >= 15 is 0 Å². The van der Waals surface area contributed by atoms with E-state index < -0.39 is 24.4 Å². The fourth-order valence-corrected chi connectivity index (χ4v) is 2.72. The molecule has 2 aromatic carbocycles. The molecule has 0 saturated carbocycles. The lowest BCUT2D eigenvalue weighted by atomic mass is 10.2. The van der Waals surface area contributed by atoms with Gasteiger partial charge in [0.2, 0.25) is 0 Å². The quantitative estimate of drug-likeness (QED) is 0.421. The summed E-state index contributed by atoms with van der Waals surface area (Å²) >= 11 is 0. The molecular weight excluding hydrogens is 400 g/mol. The maximum absolute atomic E-state index is 12.4. The Morgan fingerprint density at radius 2 is 1.58 bits per heavy atom. The van der Waals surface area contributed by atoms with Crippen LogP contribution in [0.1, 0.15) is 20.8 Å². The van der Waals surface area contributed by atoms with Gasteiger partial charge in [0.15, 0.2) is 6.61 Å². The molecule has 160 valence electrons. The molecule has 1 N–H and O–H groups in total. The second-order valence-corrected chi connectivity index (χ2v) is 6.46. The summed E-state index contributed by atoms with van der Waals surface area (Å²) in [6.07, 6.45) is 1.68. The molecule has 0 unspecified atom stereocenters. The third kappa shape index (κ3) is 6.20. The van der Waals surface area contributed by atoms with Crippen LogP contribution in [0.2, 0.25) is 0 Å². The number of carbonyl (C=O) groups is 3. The molecule has 0 aliphatic heterocycles. The predicted molar refractivity (Wildman–Crippen MR) is 112 cm³/mol. The van der Waals surface area contributed by atoms with Crippen molar-refractivity contribution >= 4 is 17.8 Å². The third-order valence-electron chi connectivity index (χ3n) is 4.22. The Bertz CT molecular complexity index is 1040. The molecule has 0 fully saturated rings. The minimum atomic E-state index is -0.735. The molecule has 0 aliphatic rings. The molecule has 0 spiro atoms. The summed E-state index contributed by atoms with van der Waals surface area (Å²) in [5, 5.41) is 2.18. The summed E-state index contributed by atoms with van der Waals surface area (Å²) in [6, 6.07) is 19.1. The van der Waals surface area contributed by atoms with Crippen LogP contribution in [0, 0.1) is 0 Å². The molecule has 0 aliphatic carbocycles. The number of rotatable bonds is 9. The largest absolute Gasteiger partial charge is 0.490 e. The number of aromatic nitrogens is 1. The Kier molecular flexibility index (Phi) is 7.42. The molecule has 8 heteroatoms. The van der Waals surface area contributed by atoms with Crippen molar-refractivity contribution in [2.45, 2.75) is 0 Å². The minimum absolute atomic E-state index is 0.170. The highest BCUT2D eigenvalue weighted by molar-refractivity contribution is 6.04. The average Bonchev–Trinajstić information content (AvgIpc) is 3.22. The van der Waals surface area contributed by atoms with E-state index in [0.29, 0.717) is 11.4 Å². The first kappa shape index (κ1) is 21.6. The summed E-state index contributed by atoms with van der Waals surface area (Å²) in [6.45, 7) is -0.0949. The zero-order valence-electron chi connectivity index (χ0n) is 16.9. The van der Waals surface area contributed by atoms with Gasteiger partial charge in [0.25, 0.3) is 11.8 Å². The Labute approximate surface area is 179 Å². The van der Waals surface area contributed by atoms with E-state index in [4.69, 9.17) is 14.2 Å². The molecule has 0 saturated heterocycles. The van der Waals surface area contributed by atoms with E-state index in [2.05, 4.69) is 5.32 Å².